The Morgan fingerprint density at radius 1 is 1.07 bits per heavy atom. The molecule has 166 valence electrons. The molecule has 2 heterocycles. The van der Waals surface area contributed by atoms with Crippen LogP contribution in [0.4, 0.5) is 4.79 Å². The second-order valence-electron chi connectivity index (χ2n) is 10.5. The average molecular weight is 409 g/mol. The second-order valence-corrected chi connectivity index (χ2v) is 10.5. The van der Waals surface area contributed by atoms with Gasteiger partial charge in [-0.05, 0) is 72.6 Å². The van der Waals surface area contributed by atoms with Gasteiger partial charge in [-0.15, -0.1) is 0 Å². The van der Waals surface area contributed by atoms with E-state index in [2.05, 4.69) is 31.2 Å². The number of fused-ring (bicyclic) bond motifs is 1. The van der Waals surface area contributed by atoms with Crippen LogP contribution in [0, 0.1) is 11.8 Å². The maximum Gasteiger partial charge on any atom is 0.410 e. The average Bonchev–Trinajstić information content (AvgIpc) is 3.10. The normalized spacial score (nSPS) is 33.7. The van der Waals surface area contributed by atoms with Gasteiger partial charge in [-0.1, -0.05) is 0 Å². The van der Waals surface area contributed by atoms with Crippen LogP contribution in [0.5, 0.6) is 0 Å². The van der Waals surface area contributed by atoms with Crippen molar-refractivity contribution in [3.63, 3.8) is 0 Å². The van der Waals surface area contributed by atoms with E-state index in [4.69, 9.17) is 4.74 Å². The van der Waals surface area contributed by atoms with Crippen LogP contribution < -0.4 is 5.43 Å². The van der Waals surface area contributed by atoms with E-state index >= 15 is 0 Å². The van der Waals surface area contributed by atoms with Crippen LogP contribution in [-0.2, 0) is 9.53 Å². The third-order valence-corrected chi connectivity index (χ3v) is 6.89. The van der Waals surface area contributed by atoms with Crippen molar-refractivity contribution in [2.45, 2.75) is 97.5 Å². The smallest absolute Gasteiger partial charge is 0.410 e. The van der Waals surface area contributed by atoms with Crippen LogP contribution in [0.1, 0.15) is 67.7 Å². The molecule has 1 N–H and O–H groups in total. The lowest BCUT2D eigenvalue weighted by atomic mass is 9.73. The first-order chi connectivity index (χ1) is 13.5. The molecule has 0 bridgehead atoms. The number of nitrogens with zero attached hydrogens (tertiary/aromatic N) is 3. The number of piperazine rings is 1. The van der Waals surface area contributed by atoms with Crippen molar-refractivity contribution in [1.82, 2.24) is 20.2 Å². The van der Waals surface area contributed by atoms with E-state index in [1.165, 1.54) is 0 Å². The fourth-order valence-corrected chi connectivity index (χ4v) is 5.53. The van der Waals surface area contributed by atoms with E-state index in [-0.39, 0.29) is 41.8 Å². The molecule has 3 rings (SSSR count). The molecule has 0 radical (unpaired) electrons. The highest BCUT2D eigenvalue weighted by molar-refractivity contribution is 5.75. The number of ether oxygens (including phenoxy) is 1. The van der Waals surface area contributed by atoms with Crippen LogP contribution in [0.25, 0.3) is 0 Å². The Bertz CT molecular complexity index is 618. The Labute approximate surface area is 176 Å². The van der Waals surface area contributed by atoms with Gasteiger partial charge < -0.3 is 14.5 Å². The van der Waals surface area contributed by atoms with Gasteiger partial charge in [0.1, 0.15) is 0 Å². The summed E-state index contributed by atoms with van der Waals surface area (Å²) in [7, 11) is 0. The zero-order chi connectivity index (χ0) is 21.5. The molecule has 7 nitrogen and oxygen atoms in total. The van der Waals surface area contributed by atoms with Crippen molar-refractivity contribution in [2.75, 3.05) is 19.6 Å². The first kappa shape index (κ1) is 22.3. The fourth-order valence-electron chi connectivity index (χ4n) is 5.53. The zero-order valence-electron chi connectivity index (χ0n) is 19.3. The van der Waals surface area contributed by atoms with Crippen LogP contribution in [0.15, 0.2) is 0 Å². The Balaban J connectivity index is 1.77. The van der Waals surface area contributed by atoms with Crippen molar-refractivity contribution in [2.24, 2.45) is 11.8 Å². The lowest BCUT2D eigenvalue weighted by Crippen LogP contribution is -2.67. The van der Waals surface area contributed by atoms with Crippen LogP contribution >= 0.6 is 0 Å². The minimum absolute atomic E-state index is 0.0227. The topological polar surface area (TPSA) is 65.1 Å². The van der Waals surface area contributed by atoms with E-state index < -0.39 is 0 Å². The van der Waals surface area contributed by atoms with E-state index in [1.807, 2.05) is 30.6 Å². The highest BCUT2D eigenvalue weighted by Gasteiger charge is 2.48. The monoisotopic (exact) mass is 408 g/mol. The molecule has 4 unspecified atom stereocenters. The van der Waals surface area contributed by atoms with E-state index in [9.17, 15) is 9.59 Å². The fraction of sp³-hybridized carbons (Fsp3) is 0.909. The lowest BCUT2D eigenvalue weighted by molar-refractivity contribution is -0.142. The first-order valence-electron chi connectivity index (χ1n) is 11.3. The van der Waals surface area contributed by atoms with Gasteiger partial charge in [-0.3, -0.25) is 10.2 Å². The highest BCUT2D eigenvalue weighted by atomic mass is 16.6. The molecule has 0 aromatic carbocycles. The summed E-state index contributed by atoms with van der Waals surface area (Å²) in [6.45, 7) is 16.8. The van der Waals surface area contributed by atoms with Gasteiger partial charge in [0, 0.05) is 38.1 Å². The number of carbonyl (C=O) groups is 2. The number of nitrogens with one attached hydrogen (secondary N) is 1. The molecular formula is C22H40N4O3. The van der Waals surface area contributed by atoms with Gasteiger partial charge in [0.25, 0.3) is 0 Å². The van der Waals surface area contributed by atoms with Crippen LogP contribution in [0.3, 0.4) is 0 Å². The molecular weight excluding hydrogens is 368 g/mol. The molecule has 0 aromatic heterocycles. The molecule has 0 aromatic rings. The van der Waals surface area contributed by atoms with Gasteiger partial charge in [0.05, 0.1) is 18.2 Å². The summed E-state index contributed by atoms with van der Waals surface area (Å²) < 4.78 is 5.57. The lowest BCUT2D eigenvalue weighted by Gasteiger charge is -2.54. The number of hydrazine groups is 1. The summed E-state index contributed by atoms with van der Waals surface area (Å²) in [5.74, 6) is 1.24. The molecule has 7 heteroatoms. The molecule has 2 saturated heterocycles. The summed E-state index contributed by atoms with van der Waals surface area (Å²) in [6.07, 6.45) is 2.64. The quantitative estimate of drug-likeness (QED) is 0.761. The highest BCUT2D eigenvalue weighted by Crippen LogP contribution is 2.40. The Kier molecular flexibility index (Phi) is 6.49. The number of hydrogen-bond donors (Lipinski definition) is 1. The summed E-state index contributed by atoms with van der Waals surface area (Å²) in [6, 6.07) is 0.165. The predicted octanol–water partition coefficient (Wildman–Crippen LogP) is 2.86. The van der Waals surface area contributed by atoms with Crippen molar-refractivity contribution in [1.29, 1.82) is 0 Å². The Hall–Kier alpha value is -1.34. The summed E-state index contributed by atoms with van der Waals surface area (Å²) in [4.78, 5) is 29.2. The van der Waals surface area contributed by atoms with Gasteiger partial charge in [-0.2, -0.15) is 0 Å². The Morgan fingerprint density at radius 3 is 2.31 bits per heavy atom. The summed E-state index contributed by atoms with van der Waals surface area (Å²) in [5, 5.41) is 2.35. The van der Waals surface area contributed by atoms with Gasteiger partial charge in [0.2, 0.25) is 5.91 Å². The molecule has 0 spiro atoms. The largest absolute Gasteiger partial charge is 0.447 e. The predicted molar refractivity (Wildman–Crippen MR) is 113 cm³/mol. The maximum atomic E-state index is 12.9. The second kappa shape index (κ2) is 8.42. The van der Waals surface area contributed by atoms with E-state index in [1.54, 1.807) is 6.92 Å². The molecule has 1 saturated carbocycles. The standard InChI is InChI=1S/C22H40N4O3/c1-14(2)29-21(28)24-12-15(3)26(16(4)27)19-9-8-17(10-20(19)24)18-11-23-25(13-18)22(5,6)7/h14-15,17-20,23H,8-13H2,1-7H3/t15-,17?,18?,19?,20?/m0/s1. The number of carbonyl (C=O) groups excluding carboxylic acids is 2. The van der Waals surface area contributed by atoms with Gasteiger partial charge >= 0.3 is 6.09 Å². The van der Waals surface area contributed by atoms with Crippen molar-refractivity contribution in [3.05, 3.63) is 0 Å². The van der Waals surface area contributed by atoms with E-state index in [0.29, 0.717) is 18.4 Å². The molecule has 29 heavy (non-hydrogen) atoms. The maximum absolute atomic E-state index is 12.9. The molecule has 5 atom stereocenters. The van der Waals surface area contributed by atoms with Crippen molar-refractivity contribution < 1.29 is 14.3 Å². The molecule has 3 aliphatic rings. The minimum atomic E-state index is -0.230. The zero-order valence-corrected chi connectivity index (χ0v) is 19.3. The third-order valence-electron chi connectivity index (χ3n) is 6.89. The van der Waals surface area contributed by atoms with Gasteiger partial charge in [-0.25, -0.2) is 9.80 Å². The van der Waals surface area contributed by atoms with Gasteiger partial charge in [0.15, 0.2) is 0 Å². The van der Waals surface area contributed by atoms with E-state index in [0.717, 1.165) is 32.4 Å². The molecule has 1 aliphatic carbocycles. The summed E-state index contributed by atoms with van der Waals surface area (Å²) in [5.41, 5.74) is 3.68. The van der Waals surface area contributed by atoms with Crippen LogP contribution in [0.2, 0.25) is 0 Å². The Morgan fingerprint density at radius 2 is 1.76 bits per heavy atom. The SMILES string of the molecule is CC(=O)N1C2CCC(C3CNN(C(C)(C)C)C3)CC2N(C(=O)OC(C)C)C[C@@H]1C. The third kappa shape index (κ3) is 4.71. The number of amides is 2. The molecule has 2 amide bonds. The number of hydrogen-bond acceptors (Lipinski definition) is 5. The molecule has 2 aliphatic heterocycles. The van der Waals surface area contributed by atoms with Crippen molar-refractivity contribution >= 4 is 12.0 Å². The van der Waals surface area contributed by atoms with Crippen molar-refractivity contribution in [3.8, 4) is 0 Å². The molecule has 3 fully saturated rings. The van der Waals surface area contributed by atoms with Crippen LogP contribution in [-0.4, -0.2) is 76.2 Å². The minimum Gasteiger partial charge on any atom is -0.447 e. The number of rotatable bonds is 2. The first-order valence-corrected chi connectivity index (χ1v) is 11.3. The summed E-state index contributed by atoms with van der Waals surface area (Å²) >= 11 is 0.